The molecule has 222 valence electrons. The summed E-state index contributed by atoms with van der Waals surface area (Å²) in [4.78, 5) is 8.47. The van der Waals surface area contributed by atoms with Crippen LogP contribution in [0.15, 0.2) is 18.5 Å². The molecule has 13 atom stereocenters. The van der Waals surface area contributed by atoms with E-state index < -0.39 is 17.8 Å². The molecule has 2 heterocycles. The average Bonchev–Trinajstić information content (AvgIpc) is 3.50. The third-order valence-corrected chi connectivity index (χ3v) is 13.7. The van der Waals surface area contributed by atoms with E-state index in [2.05, 4.69) is 37.7 Å². The van der Waals surface area contributed by atoms with Crippen LogP contribution in [0.5, 0.6) is 6.01 Å². The maximum absolute atomic E-state index is 12.2. The molecule has 5 saturated carbocycles. The summed E-state index contributed by atoms with van der Waals surface area (Å²) in [6.07, 6.45) is 10.1. The van der Waals surface area contributed by atoms with Crippen LogP contribution >= 0.6 is 0 Å². The summed E-state index contributed by atoms with van der Waals surface area (Å²) >= 11 is 0. The maximum Gasteiger partial charge on any atom is 0.316 e. The number of aliphatic hydroxyl groups excluding tert-OH is 2. The van der Waals surface area contributed by atoms with Gasteiger partial charge in [0.15, 0.2) is 6.10 Å². The molecule has 6 aliphatic rings. The molecule has 5 aliphatic carbocycles. The van der Waals surface area contributed by atoms with Gasteiger partial charge >= 0.3 is 6.01 Å². The van der Waals surface area contributed by atoms with Crippen LogP contribution in [-0.4, -0.2) is 61.4 Å². The van der Waals surface area contributed by atoms with Crippen molar-refractivity contribution in [3.63, 3.8) is 0 Å². The lowest BCUT2D eigenvalue weighted by atomic mass is 9.46. The zero-order chi connectivity index (χ0) is 28.5. The first kappa shape index (κ1) is 27.5. The van der Waals surface area contributed by atoms with Gasteiger partial charge in [-0.25, -0.2) is 9.97 Å². The maximum atomic E-state index is 12.2. The van der Waals surface area contributed by atoms with Crippen LogP contribution in [0, 0.1) is 51.2 Å². The van der Waals surface area contributed by atoms with Gasteiger partial charge in [0, 0.05) is 12.4 Å². The van der Waals surface area contributed by atoms with Crippen LogP contribution in [0.3, 0.4) is 0 Å². The Bertz CT molecular complexity index is 1140. The highest BCUT2D eigenvalue weighted by Crippen LogP contribution is 2.87. The molecule has 2 spiro atoms. The van der Waals surface area contributed by atoms with E-state index in [4.69, 9.17) is 9.47 Å². The smallest absolute Gasteiger partial charge is 0.316 e. The first-order valence-electron chi connectivity index (χ1n) is 15.9. The van der Waals surface area contributed by atoms with Gasteiger partial charge in [0.25, 0.3) is 0 Å². The second kappa shape index (κ2) is 8.64. The summed E-state index contributed by atoms with van der Waals surface area (Å²) in [6.45, 7) is 12.9. The minimum absolute atomic E-state index is 0.0326. The third kappa shape index (κ3) is 3.50. The van der Waals surface area contributed by atoms with Crippen LogP contribution in [-0.2, 0) is 4.74 Å². The van der Waals surface area contributed by atoms with Crippen molar-refractivity contribution in [2.75, 3.05) is 0 Å². The Balaban J connectivity index is 1.18. The molecule has 1 aromatic rings. The second-order valence-electron chi connectivity index (χ2n) is 16.2. The van der Waals surface area contributed by atoms with Crippen molar-refractivity contribution in [2.24, 2.45) is 51.2 Å². The van der Waals surface area contributed by atoms with Gasteiger partial charge in [-0.3, -0.25) is 0 Å². The normalized spacial score (nSPS) is 51.4. The van der Waals surface area contributed by atoms with Gasteiger partial charge in [0.1, 0.15) is 0 Å². The van der Waals surface area contributed by atoms with E-state index in [1.807, 2.05) is 0 Å². The van der Waals surface area contributed by atoms with Crippen molar-refractivity contribution < 1.29 is 24.8 Å². The fourth-order valence-corrected chi connectivity index (χ4v) is 12.2. The monoisotopic (exact) mass is 554 g/mol. The highest BCUT2D eigenvalue weighted by molar-refractivity contribution is 5.30. The van der Waals surface area contributed by atoms with Crippen LogP contribution in [0.2, 0.25) is 0 Å². The van der Waals surface area contributed by atoms with Crippen LogP contribution in [0.4, 0.5) is 0 Å². The van der Waals surface area contributed by atoms with Gasteiger partial charge in [-0.05, 0) is 123 Å². The van der Waals surface area contributed by atoms with Gasteiger partial charge in [-0.1, -0.05) is 27.7 Å². The first-order valence-corrected chi connectivity index (χ1v) is 15.9. The lowest BCUT2D eigenvalue weighted by Crippen LogP contribution is -2.56. The molecule has 7 heteroatoms. The fourth-order valence-electron chi connectivity index (χ4n) is 12.2. The summed E-state index contributed by atoms with van der Waals surface area (Å²) in [5, 5.41) is 34.3. The Morgan fingerprint density at radius 3 is 2.42 bits per heavy atom. The minimum atomic E-state index is -1.17. The average molecular weight is 555 g/mol. The molecule has 13 unspecified atom stereocenters. The predicted octanol–water partition coefficient (Wildman–Crippen LogP) is 4.78. The molecule has 7 rings (SSSR count). The zero-order valence-electron chi connectivity index (χ0n) is 25.2. The molecular weight excluding hydrogens is 504 g/mol. The summed E-state index contributed by atoms with van der Waals surface area (Å²) < 4.78 is 13.1. The summed E-state index contributed by atoms with van der Waals surface area (Å²) in [5.74, 6) is 1.94. The van der Waals surface area contributed by atoms with E-state index in [0.717, 1.165) is 38.5 Å². The fraction of sp³-hybridized carbons (Fsp3) is 0.879. The number of fused-ring (bicyclic) bond motifs is 4. The molecule has 0 aromatic carbocycles. The number of nitrogens with zero attached hydrogens (tertiary/aromatic N) is 2. The Morgan fingerprint density at radius 1 is 1.00 bits per heavy atom. The first-order chi connectivity index (χ1) is 18.8. The highest BCUT2D eigenvalue weighted by Gasteiger charge is 2.82. The predicted molar refractivity (Wildman–Crippen MR) is 150 cm³/mol. The van der Waals surface area contributed by atoms with E-state index in [-0.39, 0.29) is 47.0 Å². The van der Waals surface area contributed by atoms with Gasteiger partial charge in [0.05, 0.1) is 30.0 Å². The van der Waals surface area contributed by atoms with Gasteiger partial charge < -0.3 is 24.8 Å². The van der Waals surface area contributed by atoms with Crippen molar-refractivity contribution in [1.29, 1.82) is 0 Å². The van der Waals surface area contributed by atoms with Crippen LogP contribution in [0.1, 0.15) is 92.9 Å². The van der Waals surface area contributed by atoms with Gasteiger partial charge in [0.2, 0.25) is 0 Å². The SMILES string of the molecule is CC1CC(C(Oc2ncccn2)C(C)(C)O)OC2C(O)C3C4CCC5C(C)(C)C(O)CCC56CC46CCC3(C)C12. The summed E-state index contributed by atoms with van der Waals surface area (Å²) in [5.41, 5.74) is -0.499. The molecule has 6 fully saturated rings. The van der Waals surface area contributed by atoms with E-state index in [1.54, 1.807) is 32.3 Å². The third-order valence-electron chi connectivity index (χ3n) is 13.7. The van der Waals surface area contributed by atoms with Gasteiger partial charge in [-0.15, -0.1) is 0 Å². The van der Waals surface area contributed by atoms with Crippen molar-refractivity contribution in [2.45, 2.75) is 129 Å². The molecule has 0 radical (unpaired) electrons. The Hall–Kier alpha value is -1.28. The van der Waals surface area contributed by atoms with Crippen molar-refractivity contribution in [3.05, 3.63) is 18.5 Å². The van der Waals surface area contributed by atoms with Crippen molar-refractivity contribution in [3.8, 4) is 6.01 Å². The molecule has 7 nitrogen and oxygen atoms in total. The number of ether oxygens (including phenoxy) is 2. The highest BCUT2D eigenvalue weighted by atomic mass is 16.6. The number of rotatable bonds is 4. The Morgan fingerprint density at radius 2 is 1.73 bits per heavy atom. The number of aromatic nitrogens is 2. The summed E-state index contributed by atoms with van der Waals surface area (Å²) in [7, 11) is 0. The van der Waals surface area contributed by atoms with Crippen molar-refractivity contribution in [1.82, 2.24) is 9.97 Å². The van der Waals surface area contributed by atoms with E-state index >= 15 is 0 Å². The zero-order valence-corrected chi connectivity index (χ0v) is 25.2. The lowest BCUT2D eigenvalue weighted by Gasteiger charge is -2.59. The second-order valence-corrected chi connectivity index (χ2v) is 16.2. The van der Waals surface area contributed by atoms with Gasteiger partial charge in [-0.2, -0.15) is 0 Å². The Kier molecular flexibility index (Phi) is 5.95. The van der Waals surface area contributed by atoms with Crippen LogP contribution < -0.4 is 4.74 Å². The molecule has 1 saturated heterocycles. The number of hydrogen-bond acceptors (Lipinski definition) is 7. The van der Waals surface area contributed by atoms with E-state index in [1.165, 1.54) is 12.8 Å². The molecule has 0 bridgehead atoms. The number of aliphatic hydroxyl groups is 3. The molecule has 0 amide bonds. The standard InChI is InChI=1S/C33H50N2O5/c1-18-16-20(27(30(4,5)38)40-28-34-14-7-15-35-28)39-26-23(18)31(6)12-13-32-17-33(32)11-10-22(36)29(2,3)21(33)9-8-19(32)24(31)25(26)37/h7,14-15,18-27,36-38H,8-13,16-17H2,1-6H3. The molecule has 1 aromatic heterocycles. The molecular formula is C33H50N2O5. The topological polar surface area (TPSA) is 105 Å². The van der Waals surface area contributed by atoms with E-state index in [0.29, 0.717) is 28.6 Å². The Labute approximate surface area is 239 Å². The van der Waals surface area contributed by atoms with Crippen LogP contribution in [0.25, 0.3) is 0 Å². The minimum Gasteiger partial charge on any atom is -0.454 e. The lowest BCUT2D eigenvalue weighted by molar-refractivity contribution is -0.196. The summed E-state index contributed by atoms with van der Waals surface area (Å²) in [6, 6.07) is 1.98. The molecule has 1 aliphatic heterocycles. The number of hydrogen-bond donors (Lipinski definition) is 3. The largest absolute Gasteiger partial charge is 0.454 e. The molecule has 3 N–H and O–H groups in total. The van der Waals surface area contributed by atoms with E-state index in [9.17, 15) is 15.3 Å². The van der Waals surface area contributed by atoms with Crippen molar-refractivity contribution >= 4 is 0 Å². The molecule has 40 heavy (non-hydrogen) atoms. The quantitative estimate of drug-likeness (QED) is 0.492.